The zero-order chi connectivity index (χ0) is 18.4. The number of fused-ring (bicyclic) bond motifs is 1. The van der Waals surface area contributed by atoms with Crippen LogP contribution in [-0.4, -0.2) is 43.2 Å². The number of aromatic nitrogens is 1. The third kappa shape index (κ3) is 3.87. The third-order valence-electron chi connectivity index (χ3n) is 5.25. The molecule has 1 heterocycles. The molecular weight excluding hydrogens is 391 g/mol. The van der Waals surface area contributed by atoms with E-state index in [1.165, 1.54) is 0 Å². The molecule has 3 N–H and O–H groups in total. The molecule has 1 saturated carbocycles. The van der Waals surface area contributed by atoms with Gasteiger partial charge in [0, 0.05) is 38.2 Å². The van der Waals surface area contributed by atoms with Crippen molar-refractivity contribution in [3.63, 3.8) is 0 Å². The minimum absolute atomic E-state index is 0. The van der Waals surface area contributed by atoms with E-state index in [1.54, 1.807) is 23.1 Å². The van der Waals surface area contributed by atoms with Gasteiger partial charge in [0.25, 0.3) is 6.01 Å². The predicted molar refractivity (Wildman–Crippen MR) is 112 cm³/mol. The number of rotatable bonds is 5. The van der Waals surface area contributed by atoms with Crippen LogP contribution in [0.1, 0.15) is 27.2 Å². The molecule has 0 saturated heterocycles. The predicted octanol–water partition coefficient (Wildman–Crippen LogP) is 3.21. The average molecular weight is 419 g/mol. The number of oxazole rings is 1. The molecule has 7 nitrogen and oxygen atoms in total. The van der Waals surface area contributed by atoms with E-state index >= 15 is 0 Å². The number of nitrogens with two attached hydrogens (primary N) is 1. The zero-order valence-electron chi connectivity index (χ0n) is 16.2. The molecule has 2 atom stereocenters. The third-order valence-corrected chi connectivity index (χ3v) is 5.25. The van der Waals surface area contributed by atoms with Gasteiger partial charge in [-0.2, -0.15) is 4.98 Å². The smallest absolute Gasteiger partial charge is 0.297 e. The van der Waals surface area contributed by atoms with Gasteiger partial charge in [-0.1, -0.05) is 13.8 Å². The van der Waals surface area contributed by atoms with Crippen LogP contribution in [0.2, 0.25) is 0 Å². The van der Waals surface area contributed by atoms with Gasteiger partial charge in [-0.3, -0.25) is 4.79 Å². The summed E-state index contributed by atoms with van der Waals surface area (Å²) in [6.07, 6.45) is 0.505. The summed E-state index contributed by atoms with van der Waals surface area (Å²) in [5.41, 5.74) is 7.04. The van der Waals surface area contributed by atoms with Crippen molar-refractivity contribution in [1.82, 2.24) is 4.98 Å². The fourth-order valence-electron chi connectivity index (χ4n) is 3.25. The fourth-order valence-corrected chi connectivity index (χ4v) is 3.25. The van der Waals surface area contributed by atoms with E-state index in [1.807, 2.05) is 34.9 Å². The Bertz CT molecular complexity index is 809. The number of hydrogen-bond acceptors (Lipinski definition) is 6. The highest BCUT2D eigenvalue weighted by atomic mass is 35.5. The molecule has 1 aromatic heterocycles. The minimum atomic E-state index is -0.958. The highest BCUT2D eigenvalue weighted by molar-refractivity contribution is 6.00. The van der Waals surface area contributed by atoms with E-state index in [4.69, 9.17) is 14.9 Å². The van der Waals surface area contributed by atoms with Crippen molar-refractivity contribution in [3.8, 4) is 0 Å². The summed E-state index contributed by atoms with van der Waals surface area (Å²) in [5.74, 6) is -0.205. The molecule has 1 aromatic carbocycles. The maximum Gasteiger partial charge on any atom is 0.297 e. The van der Waals surface area contributed by atoms with E-state index in [2.05, 4.69) is 10.3 Å². The van der Waals surface area contributed by atoms with Crippen molar-refractivity contribution >= 4 is 53.5 Å². The first-order valence-corrected chi connectivity index (χ1v) is 8.49. The van der Waals surface area contributed by atoms with E-state index in [-0.39, 0.29) is 36.8 Å². The maximum absolute atomic E-state index is 12.8. The lowest BCUT2D eigenvalue weighted by atomic mass is 9.54. The minimum Gasteiger partial charge on any atom is -0.423 e. The molecule has 0 aliphatic heterocycles. The Balaban J connectivity index is 0.00000182. The molecule has 152 valence electrons. The van der Waals surface area contributed by atoms with Crippen molar-refractivity contribution in [2.45, 2.75) is 38.8 Å². The van der Waals surface area contributed by atoms with Crippen LogP contribution < -0.4 is 16.0 Å². The number of carbonyl (C=O) groups excluding carboxylic acids is 1. The van der Waals surface area contributed by atoms with Crippen LogP contribution in [0.4, 0.5) is 11.7 Å². The second-order valence-corrected chi connectivity index (χ2v) is 7.37. The van der Waals surface area contributed by atoms with Gasteiger partial charge in [0.15, 0.2) is 5.58 Å². The lowest BCUT2D eigenvalue weighted by Gasteiger charge is -2.57. The maximum atomic E-state index is 12.8. The Kier molecular flexibility index (Phi) is 7.16. The normalized spacial score (nSPS) is 23.0. The van der Waals surface area contributed by atoms with Gasteiger partial charge in [-0.05, 0) is 25.1 Å². The second-order valence-electron chi connectivity index (χ2n) is 7.37. The highest BCUT2D eigenvalue weighted by Gasteiger charge is 2.62. The summed E-state index contributed by atoms with van der Waals surface area (Å²) in [6.45, 7) is 6.51. The molecule has 0 spiro atoms. The zero-order valence-corrected chi connectivity index (χ0v) is 17.9. The van der Waals surface area contributed by atoms with Crippen LogP contribution >= 0.6 is 24.8 Å². The number of benzene rings is 1. The largest absolute Gasteiger partial charge is 0.423 e. The Morgan fingerprint density at radius 2 is 2.07 bits per heavy atom. The van der Waals surface area contributed by atoms with E-state index in [0.29, 0.717) is 35.8 Å². The summed E-state index contributed by atoms with van der Waals surface area (Å²) in [4.78, 5) is 19.0. The summed E-state index contributed by atoms with van der Waals surface area (Å²) >= 11 is 0. The number of anilines is 2. The Labute approximate surface area is 171 Å². The van der Waals surface area contributed by atoms with Crippen molar-refractivity contribution in [1.29, 1.82) is 0 Å². The monoisotopic (exact) mass is 418 g/mol. The summed E-state index contributed by atoms with van der Waals surface area (Å²) in [6, 6.07) is 5.90. The SMILES string of the molecule is CCOC1CC(N)(C(=O)Nc2ccc3oc(N(C)C)nc3c2)C1(C)C.Cl.Cl. The van der Waals surface area contributed by atoms with E-state index < -0.39 is 11.0 Å². The van der Waals surface area contributed by atoms with Crippen LogP contribution in [0.15, 0.2) is 22.6 Å². The molecular formula is C18H28Cl2N4O3. The number of hydrogen-bond donors (Lipinski definition) is 2. The van der Waals surface area contributed by atoms with Crippen molar-refractivity contribution in [3.05, 3.63) is 18.2 Å². The number of nitrogens with zero attached hydrogens (tertiary/aromatic N) is 2. The van der Waals surface area contributed by atoms with Crippen LogP contribution in [0, 0.1) is 5.41 Å². The van der Waals surface area contributed by atoms with Crippen molar-refractivity contribution in [2.24, 2.45) is 11.1 Å². The van der Waals surface area contributed by atoms with Gasteiger partial charge in [-0.15, -0.1) is 24.8 Å². The van der Waals surface area contributed by atoms with Gasteiger partial charge < -0.3 is 25.1 Å². The second kappa shape index (κ2) is 8.22. The van der Waals surface area contributed by atoms with Crippen LogP contribution in [0.5, 0.6) is 0 Å². The standard InChI is InChI=1S/C18H26N4O3.2ClH/c1-6-24-14-10-18(19,17(14,2)3)15(23)20-11-7-8-13-12(9-11)21-16(25-13)22(4)5;;/h7-9,14H,6,10,19H2,1-5H3,(H,20,23);2*1H. The van der Waals surface area contributed by atoms with E-state index in [0.717, 1.165) is 0 Å². The molecule has 1 aliphatic rings. The summed E-state index contributed by atoms with van der Waals surface area (Å²) in [7, 11) is 3.72. The van der Waals surface area contributed by atoms with Crippen molar-refractivity contribution in [2.75, 3.05) is 30.9 Å². The molecule has 9 heteroatoms. The number of ether oxygens (including phenoxy) is 1. The number of halogens is 2. The molecule has 1 amide bonds. The van der Waals surface area contributed by atoms with Gasteiger partial charge in [0.1, 0.15) is 11.1 Å². The Morgan fingerprint density at radius 3 is 2.63 bits per heavy atom. The number of amides is 1. The fraction of sp³-hybridized carbons (Fsp3) is 0.556. The molecule has 27 heavy (non-hydrogen) atoms. The Hall–Kier alpha value is -1.54. The number of carbonyl (C=O) groups is 1. The van der Waals surface area contributed by atoms with E-state index in [9.17, 15) is 4.79 Å². The lowest BCUT2D eigenvalue weighted by molar-refractivity contribution is -0.166. The van der Waals surface area contributed by atoms with Gasteiger partial charge in [-0.25, -0.2) is 0 Å². The van der Waals surface area contributed by atoms with Crippen LogP contribution in [-0.2, 0) is 9.53 Å². The first-order chi connectivity index (χ1) is 11.7. The van der Waals surface area contributed by atoms with Gasteiger partial charge >= 0.3 is 0 Å². The molecule has 0 radical (unpaired) electrons. The Morgan fingerprint density at radius 1 is 1.41 bits per heavy atom. The first kappa shape index (κ1) is 23.5. The summed E-state index contributed by atoms with van der Waals surface area (Å²) in [5, 5.41) is 2.92. The van der Waals surface area contributed by atoms with Gasteiger partial charge in [0.2, 0.25) is 5.91 Å². The molecule has 1 fully saturated rings. The van der Waals surface area contributed by atoms with Crippen LogP contribution in [0.25, 0.3) is 11.1 Å². The number of nitrogens with one attached hydrogen (secondary N) is 1. The molecule has 1 aliphatic carbocycles. The molecule has 3 rings (SSSR count). The molecule has 2 aromatic rings. The quantitative estimate of drug-likeness (QED) is 0.773. The van der Waals surface area contributed by atoms with Crippen LogP contribution in [0.3, 0.4) is 0 Å². The summed E-state index contributed by atoms with van der Waals surface area (Å²) < 4.78 is 11.3. The molecule has 2 unspecified atom stereocenters. The first-order valence-electron chi connectivity index (χ1n) is 8.49. The highest BCUT2D eigenvalue weighted by Crippen LogP contribution is 2.50. The topological polar surface area (TPSA) is 93.6 Å². The molecule has 0 bridgehead atoms. The van der Waals surface area contributed by atoms with Crippen molar-refractivity contribution < 1.29 is 13.9 Å². The lowest BCUT2D eigenvalue weighted by Crippen LogP contribution is -2.74. The average Bonchev–Trinajstić information content (AvgIpc) is 2.98. The van der Waals surface area contributed by atoms with Gasteiger partial charge in [0.05, 0.1) is 6.10 Å².